The fourth-order valence-corrected chi connectivity index (χ4v) is 2.31. The summed E-state index contributed by atoms with van der Waals surface area (Å²) in [5.74, 6) is 1.04. The van der Waals surface area contributed by atoms with Crippen molar-refractivity contribution in [3.05, 3.63) is 17.6 Å². The van der Waals surface area contributed by atoms with Crippen LogP contribution in [-0.4, -0.2) is 41.0 Å². The quantitative estimate of drug-likeness (QED) is 0.847. The number of nitrogens with zero attached hydrogens (tertiary/aromatic N) is 3. The molecule has 0 saturated heterocycles. The zero-order chi connectivity index (χ0) is 13.9. The lowest BCUT2D eigenvalue weighted by Gasteiger charge is -2.33. The Hall–Kier alpha value is -1.16. The molecule has 1 aromatic rings. The molecule has 1 aliphatic carbocycles. The number of aryl methyl sites for hydroxylation is 1. The summed E-state index contributed by atoms with van der Waals surface area (Å²) >= 11 is 0. The lowest BCUT2D eigenvalue weighted by Crippen LogP contribution is -2.44. The van der Waals surface area contributed by atoms with E-state index in [1.807, 2.05) is 0 Å². The van der Waals surface area contributed by atoms with Gasteiger partial charge in [-0.1, -0.05) is 6.42 Å². The van der Waals surface area contributed by atoms with Crippen molar-refractivity contribution in [1.82, 2.24) is 14.9 Å². The highest BCUT2D eigenvalue weighted by molar-refractivity contribution is 5.46. The molecule has 0 spiro atoms. The van der Waals surface area contributed by atoms with E-state index in [0.717, 1.165) is 25.2 Å². The van der Waals surface area contributed by atoms with E-state index in [9.17, 15) is 0 Å². The summed E-state index contributed by atoms with van der Waals surface area (Å²) in [6.45, 7) is 5.36. The Balaban J connectivity index is 2.13. The van der Waals surface area contributed by atoms with Crippen LogP contribution in [0.1, 0.15) is 44.4 Å². The van der Waals surface area contributed by atoms with E-state index in [2.05, 4.69) is 48.1 Å². The number of aromatic nitrogens is 2. The van der Waals surface area contributed by atoms with Crippen LogP contribution in [0.2, 0.25) is 0 Å². The Bertz CT molecular complexity index is 426. The van der Waals surface area contributed by atoms with Crippen LogP contribution in [0.25, 0.3) is 0 Å². The van der Waals surface area contributed by atoms with E-state index in [-0.39, 0.29) is 5.54 Å². The van der Waals surface area contributed by atoms with Crippen molar-refractivity contribution < 1.29 is 0 Å². The second-order valence-electron chi connectivity index (χ2n) is 6.27. The van der Waals surface area contributed by atoms with E-state index in [4.69, 9.17) is 0 Å². The van der Waals surface area contributed by atoms with Crippen molar-refractivity contribution >= 4 is 5.82 Å². The van der Waals surface area contributed by atoms with Crippen LogP contribution in [0.5, 0.6) is 0 Å². The largest absolute Gasteiger partial charge is 0.368 e. The van der Waals surface area contributed by atoms with Crippen molar-refractivity contribution in [2.75, 3.05) is 26.0 Å². The minimum Gasteiger partial charge on any atom is -0.368 e. The molecular weight excluding hydrogens is 236 g/mol. The Kier molecular flexibility index (Phi) is 4.40. The van der Waals surface area contributed by atoms with Gasteiger partial charge in [-0.15, -0.1) is 0 Å². The number of hydrogen-bond donors (Lipinski definition) is 1. The molecule has 0 saturated carbocycles. The summed E-state index contributed by atoms with van der Waals surface area (Å²) in [6.07, 6.45) is 7.73. The van der Waals surface area contributed by atoms with Gasteiger partial charge >= 0.3 is 0 Å². The predicted molar refractivity (Wildman–Crippen MR) is 79.5 cm³/mol. The maximum atomic E-state index is 4.46. The van der Waals surface area contributed by atoms with Gasteiger partial charge < -0.3 is 10.2 Å². The molecule has 1 aromatic heterocycles. The Morgan fingerprint density at radius 1 is 1.16 bits per heavy atom. The normalized spacial score (nSPS) is 16.1. The average Bonchev–Trinajstić information content (AvgIpc) is 2.61. The van der Waals surface area contributed by atoms with Crippen molar-refractivity contribution in [2.45, 2.75) is 51.5 Å². The van der Waals surface area contributed by atoms with Crippen molar-refractivity contribution in [2.24, 2.45) is 0 Å². The first-order valence-corrected chi connectivity index (χ1v) is 7.25. The number of likely N-dealkylation sites (N-methyl/N-ethyl adjacent to an activating group) is 1. The number of nitrogens with one attached hydrogen (secondary N) is 1. The van der Waals surface area contributed by atoms with E-state index in [1.165, 1.54) is 30.5 Å². The molecule has 19 heavy (non-hydrogen) atoms. The second-order valence-corrected chi connectivity index (χ2v) is 6.27. The van der Waals surface area contributed by atoms with Crippen LogP contribution in [0.4, 0.5) is 5.82 Å². The van der Waals surface area contributed by atoms with Gasteiger partial charge in [0.15, 0.2) is 0 Å². The van der Waals surface area contributed by atoms with E-state index in [1.54, 1.807) is 6.33 Å². The molecular formula is C15H26N4. The number of anilines is 1. The highest BCUT2D eigenvalue weighted by Gasteiger charge is 2.21. The zero-order valence-corrected chi connectivity index (χ0v) is 12.7. The first-order chi connectivity index (χ1) is 9.00. The van der Waals surface area contributed by atoms with Crippen molar-refractivity contribution in [3.63, 3.8) is 0 Å². The minimum absolute atomic E-state index is 0.114. The Morgan fingerprint density at radius 2 is 1.89 bits per heavy atom. The summed E-state index contributed by atoms with van der Waals surface area (Å²) in [5.41, 5.74) is 2.70. The number of rotatable bonds is 4. The summed E-state index contributed by atoms with van der Waals surface area (Å²) in [6, 6.07) is 0. The first-order valence-electron chi connectivity index (χ1n) is 7.25. The monoisotopic (exact) mass is 262 g/mol. The van der Waals surface area contributed by atoms with E-state index >= 15 is 0 Å². The molecule has 4 nitrogen and oxygen atoms in total. The molecule has 0 radical (unpaired) electrons. The fraction of sp³-hybridized carbons (Fsp3) is 0.733. The van der Waals surface area contributed by atoms with Gasteiger partial charge in [0.2, 0.25) is 0 Å². The fourth-order valence-electron chi connectivity index (χ4n) is 2.31. The molecule has 0 atom stereocenters. The molecule has 1 heterocycles. The van der Waals surface area contributed by atoms with Gasteiger partial charge in [0.1, 0.15) is 12.1 Å². The van der Waals surface area contributed by atoms with E-state index in [0.29, 0.717) is 0 Å². The molecule has 0 amide bonds. The van der Waals surface area contributed by atoms with Crippen LogP contribution < -0.4 is 5.32 Å². The standard InChI is InChI=1S/C15H26N4/c1-15(2,19(3)4)10-16-14-12-8-6-5-7-9-13(12)17-11-18-14/h11H,5-10H2,1-4H3,(H,16,17,18). The molecule has 0 fully saturated rings. The Morgan fingerprint density at radius 3 is 2.63 bits per heavy atom. The molecule has 0 unspecified atom stereocenters. The highest BCUT2D eigenvalue weighted by Crippen LogP contribution is 2.24. The smallest absolute Gasteiger partial charge is 0.132 e. The molecule has 1 aliphatic rings. The van der Waals surface area contributed by atoms with Gasteiger partial charge in [0.05, 0.1) is 0 Å². The lowest BCUT2D eigenvalue weighted by atomic mass is 10.0. The topological polar surface area (TPSA) is 41.0 Å². The van der Waals surface area contributed by atoms with Gasteiger partial charge in [-0.3, -0.25) is 0 Å². The van der Waals surface area contributed by atoms with Crippen LogP contribution in [0.15, 0.2) is 6.33 Å². The van der Waals surface area contributed by atoms with E-state index < -0.39 is 0 Å². The SMILES string of the molecule is CN(C)C(C)(C)CNc1ncnc2c1CCCCC2. The number of hydrogen-bond acceptors (Lipinski definition) is 4. The first kappa shape index (κ1) is 14.3. The van der Waals surface area contributed by atoms with Gasteiger partial charge in [-0.25, -0.2) is 9.97 Å². The summed E-state index contributed by atoms with van der Waals surface area (Å²) in [5, 5.41) is 3.53. The molecule has 0 aromatic carbocycles. The number of fused-ring (bicyclic) bond motifs is 1. The zero-order valence-electron chi connectivity index (χ0n) is 12.7. The highest BCUT2D eigenvalue weighted by atomic mass is 15.2. The third-order valence-electron chi connectivity index (χ3n) is 4.27. The molecule has 2 rings (SSSR count). The van der Waals surface area contributed by atoms with Gasteiger partial charge in [0, 0.05) is 23.3 Å². The van der Waals surface area contributed by atoms with Crippen LogP contribution >= 0.6 is 0 Å². The molecule has 1 N–H and O–H groups in total. The Labute approximate surface area is 116 Å². The van der Waals surface area contributed by atoms with Gasteiger partial charge in [0.25, 0.3) is 0 Å². The summed E-state index contributed by atoms with van der Waals surface area (Å²) in [4.78, 5) is 11.1. The third kappa shape index (κ3) is 3.44. The maximum Gasteiger partial charge on any atom is 0.132 e. The predicted octanol–water partition coefficient (Wildman–Crippen LogP) is 2.50. The van der Waals surface area contributed by atoms with Gasteiger partial charge in [-0.2, -0.15) is 0 Å². The summed E-state index contributed by atoms with van der Waals surface area (Å²) in [7, 11) is 4.23. The minimum atomic E-state index is 0.114. The van der Waals surface area contributed by atoms with Gasteiger partial charge in [-0.05, 0) is 53.6 Å². The van der Waals surface area contributed by atoms with Crippen molar-refractivity contribution in [3.8, 4) is 0 Å². The molecule has 0 aliphatic heterocycles. The maximum absolute atomic E-state index is 4.46. The van der Waals surface area contributed by atoms with Crippen LogP contribution in [0.3, 0.4) is 0 Å². The summed E-state index contributed by atoms with van der Waals surface area (Å²) < 4.78 is 0. The van der Waals surface area contributed by atoms with Crippen molar-refractivity contribution in [1.29, 1.82) is 0 Å². The average molecular weight is 262 g/mol. The van der Waals surface area contributed by atoms with Crippen LogP contribution in [-0.2, 0) is 12.8 Å². The molecule has 106 valence electrons. The molecule has 0 bridgehead atoms. The molecule has 4 heteroatoms. The second kappa shape index (κ2) is 5.87. The third-order valence-corrected chi connectivity index (χ3v) is 4.27. The van der Waals surface area contributed by atoms with Crippen LogP contribution in [0, 0.1) is 0 Å². The lowest BCUT2D eigenvalue weighted by molar-refractivity contribution is 0.210.